The zero-order valence-electron chi connectivity index (χ0n) is 23.4. The number of carbonyl (C=O) groups is 1. The average molecular weight is 574 g/mol. The van der Waals surface area contributed by atoms with Gasteiger partial charge < -0.3 is 18.9 Å². The van der Waals surface area contributed by atoms with Crippen LogP contribution in [0.2, 0.25) is 0 Å². The molecule has 1 aliphatic rings. The van der Waals surface area contributed by atoms with Gasteiger partial charge in [-0.05, 0) is 42.7 Å². The Bertz CT molecular complexity index is 1450. The van der Waals surface area contributed by atoms with Crippen molar-refractivity contribution < 1.29 is 27.1 Å². The lowest BCUT2D eigenvalue weighted by molar-refractivity contribution is 0.00920. The van der Waals surface area contributed by atoms with Gasteiger partial charge in [-0.15, -0.1) is 0 Å². The third-order valence-electron chi connectivity index (χ3n) is 7.06. The monoisotopic (exact) mass is 573 g/mol. The number of likely N-dealkylation sites (N-methyl/N-ethyl adjacent to an activating group) is 1. The third-order valence-corrected chi connectivity index (χ3v) is 8.33. The first-order valence-electron chi connectivity index (χ1n) is 13.0. The summed E-state index contributed by atoms with van der Waals surface area (Å²) in [5.41, 5.74) is 1.37. The fraction of sp³-hybridized carbons (Fsp3) is 0.429. The van der Waals surface area contributed by atoms with Crippen LogP contribution < -0.4 is 9.46 Å². The van der Waals surface area contributed by atoms with Crippen molar-refractivity contribution in [3.05, 3.63) is 71.9 Å². The van der Waals surface area contributed by atoms with Crippen LogP contribution in [0.1, 0.15) is 29.8 Å². The van der Waals surface area contributed by atoms with E-state index in [1.165, 1.54) is 41.4 Å². The number of rotatable bonds is 6. The van der Waals surface area contributed by atoms with Gasteiger partial charge in [0.2, 0.25) is 0 Å². The molecule has 0 spiro atoms. The fourth-order valence-electron chi connectivity index (χ4n) is 4.74. The molecule has 1 aliphatic heterocycles. The number of hydrogen-bond acceptors (Lipinski definition) is 7. The summed E-state index contributed by atoms with van der Waals surface area (Å²) in [4.78, 5) is 21.1. The number of ether oxygens (including phenoxy) is 2. The van der Waals surface area contributed by atoms with Gasteiger partial charge in [-0.2, -0.15) is 8.42 Å². The lowest BCUT2D eigenvalue weighted by Gasteiger charge is -2.36. The van der Waals surface area contributed by atoms with Crippen molar-refractivity contribution >= 4 is 21.6 Å². The minimum atomic E-state index is -3.95. The van der Waals surface area contributed by atoms with Crippen molar-refractivity contribution in [1.82, 2.24) is 19.4 Å². The third kappa shape index (κ3) is 6.98. The number of anilines is 1. The van der Waals surface area contributed by atoms with Crippen LogP contribution in [0.3, 0.4) is 0 Å². The number of sulfonamides is 1. The Kier molecular flexibility index (Phi) is 9.12. The minimum Gasteiger partial charge on any atom is -0.491 e. The number of carbonyl (C=O) groups excluding carboxylic acids is 1. The van der Waals surface area contributed by atoms with Crippen LogP contribution in [-0.2, 0) is 28.4 Å². The molecular weight excluding hydrogens is 537 g/mol. The predicted molar refractivity (Wildman–Crippen MR) is 149 cm³/mol. The first-order valence-corrected chi connectivity index (χ1v) is 14.5. The molecule has 10 nitrogen and oxygen atoms in total. The first kappa shape index (κ1) is 29.5. The molecule has 1 amide bonds. The molecule has 2 aromatic carbocycles. The summed E-state index contributed by atoms with van der Waals surface area (Å²) < 4.78 is 55.7. The minimum absolute atomic E-state index is 0.0542. The maximum absolute atomic E-state index is 13.9. The van der Waals surface area contributed by atoms with Crippen LogP contribution in [0.15, 0.2) is 60.0 Å². The van der Waals surface area contributed by atoms with E-state index in [2.05, 4.69) is 21.5 Å². The molecule has 3 aromatic rings. The molecule has 1 aromatic heterocycles. The summed E-state index contributed by atoms with van der Waals surface area (Å²) in [6.45, 7) is 5.73. The number of hydrogen-bond donors (Lipinski definition) is 1. The molecule has 4 rings (SSSR count). The van der Waals surface area contributed by atoms with E-state index in [4.69, 9.17) is 9.47 Å². The van der Waals surface area contributed by atoms with E-state index in [1.54, 1.807) is 38.2 Å². The normalized spacial score (nSPS) is 21.2. The molecule has 0 bridgehead atoms. The number of halogens is 1. The Morgan fingerprint density at radius 2 is 1.93 bits per heavy atom. The standard InChI is InChI=1S/C28H36FN5O5S/c1-19-13-34(14-21-7-6-8-22(29)11-21)20(2)17-39-25-12-23(31-40(36,37)27-16-32(3)18-30-27)9-10-24(25)28(35)33(4)15-26(19)38-5/h6-12,16,18-20,26,31H,13-15,17H2,1-5H3/t19-,20-,26+/m1/s1. The van der Waals surface area contributed by atoms with E-state index < -0.39 is 10.0 Å². The highest BCUT2D eigenvalue weighted by Gasteiger charge is 2.29. The van der Waals surface area contributed by atoms with Crippen molar-refractivity contribution in [1.29, 1.82) is 0 Å². The summed E-state index contributed by atoms with van der Waals surface area (Å²) in [7, 11) is 1.06. The van der Waals surface area contributed by atoms with Gasteiger partial charge in [-0.25, -0.2) is 9.37 Å². The second kappa shape index (κ2) is 12.4. The van der Waals surface area contributed by atoms with Crippen LogP contribution in [0.4, 0.5) is 10.1 Å². The van der Waals surface area contributed by atoms with Crippen LogP contribution in [0.5, 0.6) is 5.75 Å². The first-order chi connectivity index (χ1) is 19.0. The lowest BCUT2D eigenvalue weighted by Crippen LogP contribution is -2.46. The number of fused-ring (bicyclic) bond motifs is 1. The lowest BCUT2D eigenvalue weighted by atomic mass is 10.0. The Labute approximate surface area is 234 Å². The number of nitrogens with zero attached hydrogens (tertiary/aromatic N) is 4. The highest BCUT2D eigenvalue weighted by molar-refractivity contribution is 7.92. The summed E-state index contributed by atoms with van der Waals surface area (Å²) in [6.07, 6.45) is 2.55. The summed E-state index contributed by atoms with van der Waals surface area (Å²) in [6, 6.07) is 11.0. The number of methoxy groups -OCH3 is 1. The van der Waals surface area contributed by atoms with E-state index in [-0.39, 0.29) is 52.9 Å². The second-order valence-corrected chi connectivity index (χ2v) is 12.0. The van der Waals surface area contributed by atoms with E-state index in [9.17, 15) is 17.6 Å². The van der Waals surface area contributed by atoms with Gasteiger partial charge in [0.15, 0.2) is 5.03 Å². The molecule has 3 atom stereocenters. The van der Waals surface area contributed by atoms with Crippen molar-refractivity contribution in [2.24, 2.45) is 13.0 Å². The highest BCUT2D eigenvalue weighted by atomic mass is 32.2. The van der Waals surface area contributed by atoms with Gasteiger partial charge in [0.05, 0.1) is 23.7 Å². The van der Waals surface area contributed by atoms with Crippen molar-refractivity contribution in [3.63, 3.8) is 0 Å². The molecule has 12 heteroatoms. The topological polar surface area (TPSA) is 106 Å². The fourth-order valence-corrected chi connectivity index (χ4v) is 5.77. The van der Waals surface area contributed by atoms with Crippen LogP contribution in [-0.4, -0.2) is 79.7 Å². The molecule has 0 radical (unpaired) electrons. The molecule has 0 aliphatic carbocycles. The predicted octanol–water partition coefficient (Wildman–Crippen LogP) is 3.37. The van der Waals surface area contributed by atoms with Gasteiger partial charge >= 0.3 is 0 Å². The quantitative estimate of drug-likeness (QED) is 0.482. The number of nitrogens with one attached hydrogen (secondary N) is 1. The van der Waals surface area contributed by atoms with E-state index in [0.29, 0.717) is 25.2 Å². The molecule has 0 saturated heterocycles. The molecule has 1 N–H and O–H groups in total. The number of imidazole rings is 1. The van der Waals surface area contributed by atoms with Gasteiger partial charge in [0, 0.05) is 59.1 Å². The molecule has 0 saturated carbocycles. The van der Waals surface area contributed by atoms with E-state index >= 15 is 0 Å². The molecule has 2 heterocycles. The molecule has 0 fully saturated rings. The van der Waals surface area contributed by atoms with Crippen LogP contribution in [0.25, 0.3) is 0 Å². The zero-order chi connectivity index (χ0) is 29.0. The number of benzene rings is 2. The highest BCUT2D eigenvalue weighted by Crippen LogP contribution is 2.28. The maximum atomic E-state index is 13.9. The average Bonchev–Trinajstić information content (AvgIpc) is 3.36. The largest absolute Gasteiger partial charge is 0.491 e. The number of aromatic nitrogens is 2. The Morgan fingerprint density at radius 3 is 2.60 bits per heavy atom. The molecular formula is C28H36FN5O5S. The van der Waals surface area contributed by atoms with E-state index in [0.717, 1.165) is 5.56 Å². The van der Waals surface area contributed by atoms with Gasteiger partial charge in [0.1, 0.15) is 18.2 Å². The zero-order valence-corrected chi connectivity index (χ0v) is 24.2. The van der Waals surface area contributed by atoms with Crippen LogP contribution >= 0.6 is 0 Å². The van der Waals surface area contributed by atoms with Gasteiger partial charge in [-0.3, -0.25) is 14.4 Å². The van der Waals surface area contributed by atoms with Crippen molar-refractivity contribution in [2.45, 2.75) is 37.6 Å². The summed E-state index contributed by atoms with van der Waals surface area (Å²) in [5.74, 6) is -0.265. The molecule has 0 unspecified atom stereocenters. The number of aryl methyl sites for hydroxylation is 1. The number of amides is 1. The Morgan fingerprint density at radius 1 is 1.15 bits per heavy atom. The smallest absolute Gasteiger partial charge is 0.280 e. The summed E-state index contributed by atoms with van der Waals surface area (Å²) >= 11 is 0. The SMILES string of the molecule is CO[C@H]1CN(C)C(=O)c2ccc(NS(=O)(=O)c3cn(C)cn3)cc2OC[C@@H](C)N(Cc2cccc(F)c2)C[C@H]1C. The summed E-state index contributed by atoms with van der Waals surface area (Å²) in [5, 5.41) is -0.124. The van der Waals surface area contributed by atoms with Crippen molar-refractivity contribution in [3.8, 4) is 5.75 Å². The second-order valence-electron chi connectivity index (χ2n) is 10.4. The van der Waals surface area contributed by atoms with Gasteiger partial charge in [-0.1, -0.05) is 19.1 Å². The van der Waals surface area contributed by atoms with Crippen LogP contribution in [0, 0.1) is 11.7 Å². The van der Waals surface area contributed by atoms with Gasteiger partial charge in [0.25, 0.3) is 15.9 Å². The maximum Gasteiger partial charge on any atom is 0.280 e. The molecule has 216 valence electrons. The Balaban J connectivity index is 1.66. The Hall–Kier alpha value is -3.48. The van der Waals surface area contributed by atoms with Crippen molar-refractivity contribution in [2.75, 3.05) is 38.6 Å². The molecule has 40 heavy (non-hydrogen) atoms. The van der Waals surface area contributed by atoms with E-state index in [1.807, 2.05) is 13.0 Å².